The van der Waals surface area contributed by atoms with Gasteiger partial charge in [-0.25, -0.2) is 4.79 Å². The number of hydrogen-bond donors (Lipinski definition) is 3. The van der Waals surface area contributed by atoms with Gasteiger partial charge in [0, 0.05) is 16.8 Å². The minimum atomic E-state index is -0.776. The Morgan fingerprint density at radius 3 is 2.49 bits per heavy atom. The van der Waals surface area contributed by atoms with E-state index in [0.29, 0.717) is 28.5 Å². The van der Waals surface area contributed by atoms with E-state index < -0.39 is 17.6 Å². The van der Waals surface area contributed by atoms with E-state index in [1.165, 1.54) is 13.2 Å². The molecule has 4 aromatic rings. The molecule has 0 radical (unpaired) electrons. The molecule has 0 bridgehead atoms. The molecule has 0 fully saturated rings. The van der Waals surface area contributed by atoms with Crippen LogP contribution < -0.4 is 5.32 Å². The van der Waals surface area contributed by atoms with Gasteiger partial charge in [0.15, 0.2) is 17.8 Å². The largest absolute Gasteiger partial charge is 0.505 e. The molecule has 0 saturated heterocycles. The van der Waals surface area contributed by atoms with Gasteiger partial charge in [0.25, 0.3) is 5.91 Å². The molecule has 3 aromatic carbocycles. The number of carbonyl (C=O) groups excluding carboxylic acids is 3. The molecule has 1 heterocycles. The molecule has 0 spiro atoms. The highest BCUT2D eigenvalue weighted by atomic mass is 32.1. The van der Waals surface area contributed by atoms with Crippen molar-refractivity contribution in [3.8, 4) is 5.75 Å². The number of fused-ring (bicyclic) bond motifs is 1. The first-order valence-corrected chi connectivity index (χ1v) is 10.9. The number of hydrogen-bond acceptors (Lipinski definition) is 9. The second-order valence-corrected chi connectivity index (χ2v) is 7.64. The summed E-state index contributed by atoms with van der Waals surface area (Å²) in [5.41, 5.74) is 1.20. The van der Waals surface area contributed by atoms with Crippen LogP contribution >= 0.6 is 12.6 Å². The van der Waals surface area contributed by atoms with Gasteiger partial charge < -0.3 is 19.6 Å². The third-order valence-electron chi connectivity index (χ3n) is 5.19. The van der Waals surface area contributed by atoms with Crippen molar-refractivity contribution in [2.24, 2.45) is 10.2 Å². The fourth-order valence-corrected chi connectivity index (χ4v) is 3.60. The lowest BCUT2D eigenvalue weighted by Gasteiger charge is -2.11. The molecule has 176 valence electrons. The van der Waals surface area contributed by atoms with Crippen LogP contribution in [0.4, 0.5) is 17.1 Å². The molecule has 1 aromatic heterocycles. The molecule has 2 N–H and O–H groups in total. The van der Waals surface area contributed by atoms with E-state index in [0.717, 1.165) is 11.8 Å². The number of rotatable bonds is 7. The number of azo groups is 1. The fourth-order valence-electron chi connectivity index (χ4n) is 3.39. The second kappa shape index (κ2) is 10.2. The predicted octanol–water partition coefficient (Wildman–Crippen LogP) is 5.84. The van der Waals surface area contributed by atoms with Crippen LogP contribution in [0.15, 0.2) is 75.5 Å². The standard InChI is InChI=1S/C25H19N3O6S/c1-33-25(32)19-12-34-20(11-29)21(19)27-28-22-17-5-3-2-4-15(17)10-18(23(22)30)24(31)26-16-8-6-14(13-35)7-9-16/h2-12,30,35H,13H2,1H3,(H,26,31). The number of methoxy groups -OCH3 is 1. The summed E-state index contributed by atoms with van der Waals surface area (Å²) in [6, 6.07) is 15.6. The van der Waals surface area contributed by atoms with E-state index in [1.807, 2.05) is 12.1 Å². The van der Waals surface area contributed by atoms with Gasteiger partial charge in [0.2, 0.25) is 0 Å². The minimum Gasteiger partial charge on any atom is -0.505 e. The number of nitrogens with zero attached hydrogens (tertiary/aromatic N) is 2. The maximum atomic E-state index is 13.0. The zero-order valence-corrected chi connectivity index (χ0v) is 19.3. The Kier molecular flexibility index (Phi) is 6.93. The summed E-state index contributed by atoms with van der Waals surface area (Å²) in [5, 5.41) is 22.9. The van der Waals surface area contributed by atoms with Gasteiger partial charge in [-0.2, -0.15) is 12.6 Å². The van der Waals surface area contributed by atoms with Crippen LogP contribution in [-0.2, 0) is 10.5 Å². The van der Waals surface area contributed by atoms with E-state index >= 15 is 0 Å². The normalized spacial score (nSPS) is 11.0. The summed E-state index contributed by atoms with van der Waals surface area (Å²) in [6.45, 7) is 0. The zero-order chi connectivity index (χ0) is 24.9. The van der Waals surface area contributed by atoms with Crippen LogP contribution in [0, 0.1) is 0 Å². The fraction of sp³-hybridized carbons (Fsp3) is 0.0800. The van der Waals surface area contributed by atoms with Crippen molar-refractivity contribution >= 4 is 58.6 Å². The van der Waals surface area contributed by atoms with Crippen LogP contribution in [0.3, 0.4) is 0 Å². The molecule has 9 nitrogen and oxygen atoms in total. The van der Waals surface area contributed by atoms with Crippen LogP contribution in [0.2, 0.25) is 0 Å². The maximum Gasteiger partial charge on any atom is 0.343 e. The number of nitrogens with one attached hydrogen (secondary N) is 1. The highest BCUT2D eigenvalue weighted by Gasteiger charge is 2.22. The van der Waals surface area contributed by atoms with E-state index in [-0.39, 0.29) is 28.3 Å². The Bertz CT molecular complexity index is 1460. The van der Waals surface area contributed by atoms with Crippen LogP contribution in [0.1, 0.15) is 36.8 Å². The van der Waals surface area contributed by atoms with Gasteiger partial charge in [-0.05, 0) is 29.1 Å². The van der Waals surface area contributed by atoms with E-state index in [4.69, 9.17) is 4.42 Å². The summed E-state index contributed by atoms with van der Waals surface area (Å²) >= 11 is 4.22. The van der Waals surface area contributed by atoms with E-state index in [1.54, 1.807) is 36.4 Å². The van der Waals surface area contributed by atoms with Gasteiger partial charge in [-0.3, -0.25) is 9.59 Å². The number of carbonyl (C=O) groups is 3. The van der Waals surface area contributed by atoms with Crippen molar-refractivity contribution < 1.29 is 28.6 Å². The highest BCUT2D eigenvalue weighted by Crippen LogP contribution is 2.40. The lowest BCUT2D eigenvalue weighted by Crippen LogP contribution is -2.12. The van der Waals surface area contributed by atoms with Crippen molar-refractivity contribution in [1.82, 2.24) is 0 Å². The number of phenols is 1. The Labute approximate surface area is 204 Å². The zero-order valence-electron chi connectivity index (χ0n) is 18.4. The molecule has 0 aliphatic heterocycles. The van der Waals surface area contributed by atoms with Crippen LogP contribution in [0.25, 0.3) is 10.8 Å². The van der Waals surface area contributed by atoms with Crippen LogP contribution in [0.5, 0.6) is 5.75 Å². The maximum absolute atomic E-state index is 13.0. The van der Waals surface area contributed by atoms with E-state index in [9.17, 15) is 19.5 Å². The molecule has 0 atom stereocenters. The van der Waals surface area contributed by atoms with Gasteiger partial charge >= 0.3 is 5.97 Å². The number of phenolic OH excluding ortho intramolecular Hbond substituents is 1. The molecule has 10 heteroatoms. The van der Waals surface area contributed by atoms with Crippen molar-refractivity contribution in [1.29, 1.82) is 0 Å². The van der Waals surface area contributed by atoms with E-state index in [2.05, 4.69) is 32.9 Å². The van der Waals surface area contributed by atoms with Crippen molar-refractivity contribution in [3.63, 3.8) is 0 Å². The Balaban J connectivity index is 1.78. The summed E-state index contributed by atoms with van der Waals surface area (Å²) < 4.78 is 9.74. The third-order valence-corrected chi connectivity index (χ3v) is 5.55. The second-order valence-electron chi connectivity index (χ2n) is 7.32. The van der Waals surface area contributed by atoms with Gasteiger partial charge in [0.1, 0.15) is 23.2 Å². The first-order chi connectivity index (χ1) is 17.0. The number of anilines is 1. The monoisotopic (exact) mass is 489 g/mol. The molecule has 0 aliphatic carbocycles. The number of esters is 1. The first-order valence-electron chi connectivity index (χ1n) is 10.3. The lowest BCUT2D eigenvalue weighted by atomic mass is 10.0. The Hall–Kier alpha value is -4.44. The predicted molar refractivity (Wildman–Crippen MR) is 132 cm³/mol. The molecule has 0 unspecified atom stereocenters. The molecular formula is C25H19N3O6S. The van der Waals surface area contributed by atoms with Crippen LogP contribution in [-0.4, -0.2) is 30.4 Å². The molecule has 0 saturated carbocycles. The number of thiol groups is 1. The molecular weight excluding hydrogens is 470 g/mol. The average molecular weight is 490 g/mol. The number of benzene rings is 3. The molecule has 0 aliphatic rings. The molecule has 1 amide bonds. The number of aldehydes is 1. The lowest BCUT2D eigenvalue weighted by molar-refractivity contribution is 0.0600. The number of ether oxygens (including phenoxy) is 1. The molecule has 35 heavy (non-hydrogen) atoms. The highest BCUT2D eigenvalue weighted by molar-refractivity contribution is 7.79. The number of amides is 1. The van der Waals surface area contributed by atoms with Crippen molar-refractivity contribution in [2.75, 3.05) is 12.4 Å². The summed E-state index contributed by atoms with van der Waals surface area (Å²) in [7, 11) is 1.17. The summed E-state index contributed by atoms with van der Waals surface area (Å²) in [4.78, 5) is 36.4. The van der Waals surface area contributed by atoms with Gasteiger partial charge in [-0.15, -0.1) is 10.2 Å². The Morgan fingerprint density at radius 2 is 1.80 bits per heavy atom. The summed E-state index contributed by atoms with van der Waals surface area (Å²) in [6.07, 6.45) is 1.41. The SMILES string of the molecule is COC(=O)c1coc(C=O)c1N=Nc1c(O)c(C(=O)Nc2ccc(CS)cc2)cc2ccccc12. The average Bonchev–Trinajstić information content (AvgIpc) is 3.30. The van der Waals surface area contributed by atoms with Crippen molar-refractivity contribution in [2.45, 2.75) is 5.75 Å². The van der Waals surface area contributed by atoms with Gasteiger partial charge in [0.05, 0.1) is 12.7 Å². The number of furan rings is 1. The smallest absolute Gasteiger partial charge is 0.343 e. The van der Waals surface area contributed by atoms with Crippen molar-refractivity contribution in [3.05, 3.63) is 83.3 Å². The minimum absolute atomic E-state index is 0.0208. The van der Waals surface area contributed by atoms with Gasteiger partial charge in [-0.1, -0.05) is 36.4 Å². The molecule has 4 rings (SSSR count). The third kappa shape index (κ3) is 4.78. The quantitative estimate of drug-likeness (QED) is 0.129. The Morgan fingerprint density at radius 1 is 1.09 bits per heavy atom. The topological polar surface area (TPSA) is 131 Å². The first kappa shape index (κ1) is 23.7. The number of aromatic hydroxyl groups is 1. The summed E-state index contributed by atoms with van der Waals surface area (Å²) in [5.74, 6) is -1.43.